The summed E-state index contributed by atoms with van der Waals surface area (Å²) in [6.07, 6.45) is 19.9. The van der Waals surface area contributed by atoms with Gasteiger partial charge in [0.05, 0.1) is 6.07 Å². The summed E-state index contributed by atoms with van der Waals surface area (Å²) in [4.78, 5) is 53.4. The average Bonchev–Trinajstić information content (AvgIpc) is 1.66. The Morgan fingerprint density at radius 2 is 0.808 bits per heavy atom. The van der Waals surface area contributed by atoms with Crippen molar-refractivity contribution >= 4 is 41.9 Å². The summed E-state index contributed by atoms with van der Waals surface area (Å²) in [5.41, 5.74) is 7.87. The van der Waals surface area contributed by atoms with Crippen molar-refractivity contribution in [3.8, 4) is 6.07 Å². The van der Waals surface area contributed by atoms with Gasteiger partial charge >= 0.3 is 43.4 Å². The van der Waals surface area contributed by atoms with Crippen LogP contribution in [0.1, 0.15) is 217 Å². The SMILES string of the molecule is C1CCOC1.CC(C)(C)OC(=O)NCC1CC2CCC(C1)N2.CC(C)(C)OC(=O)NCC1CC2CCC(C1)N2Cc1ccccc1.CC(C)(C)OC(=O)OC(=O)OC(C)(C)C.CO.N#CC1CC2CCC(C1)N2Cc1ccccc1.NCC1CC2CCC(C1)N2Cc1ccccc1.[AlH3].[H-].[Li+]. The number of amides is 2. The molecule has 6 N–H and O–H groups in total. The van der Waals surface area contributed by atoms with Crippen molar-refractivity contribution in [2.24, 2.45) is 29.4 Å². The summed E-state index contributed by atoms with van der Waals surface area (Å²) in [7, 11) is 1.00. The zero-order valence-electron chi connectivity index (χ0n) is 63.4. The van der Waals surface area contributed by atoms with Crippen molar-refractivity contribution in [3.05, 3.63) is 108 Å². The quantitative estimate of drug-likeness (QED) is 0.0519. The van der Waals surface area contributed by atoms with Gasteiger partial charge in [-0.3, -0.25) is 14.7 Å². The molecule has 0 radical (unpaired) electrons. The molecule has 0 aliphatic carbocycles. The number of alkyl carbamates (subject to hydrolysis) is 2. The van der Waals surface area contributed by atoms with Gasteiger partial charge in [0.1, 0.15) is 22.4 Å². The van der Waals surface area contributed by atoms with Gasteiger partial charge in [0, 0.05) is 107 Å². The topological polar surface area (TPSA) is 240 Å². The number of nitrogens with one attached hydrogen (secondary N) is 3. The monoisotopic (exact) mass is 1390 g/mol. The number of nitrogens with two attached hydrogens (primary N) is 1. The van der Waals surface area contributed by atoms with Gasteiger partial charge in [-0.1, -0.05) is 91.0 Å². The number of aliphatic hydroxyl groups excluding tert-OH is 1. The number of carbonyl (C=O) groups excluding carboxylic acids is 4. The molecular formula is C78H128AlLiN8O11. The zero-order chi connectivity index (χ0) is 70.8. The van der Waals surface area contributed by atoms with Crippen LogP contribution in [-0.4, -0.2) is 172 Å². The summed E-state index contributed by atoms with van der Waals surface area (Å²) >= 11 is 0. The maximum Gasteiger partial charge on any atom is 1.00 e. The normalized spacial score (nSPS) is 26.4. The number of carbonyl (C=O) groups is 4. The molecule has 12 rings (SSSR count). The number of rotatable bonds is 11. The van der Waals surface area contributed by atoms with Gasteiger partial charge in [0.2, 0.25) is 0 Å². The van der Waals surface area contributed by atoms with Crippen LogP contribution in [0.5, 0.6) is 0 Å². The number of hydrogen-bond acceptors (Lipinski definition) is 17. The van der Waals surface area contributed by atoms with E-state index in [9.17, 15) is 19.2 Å². The van der Waals surface area contributed by atoms with Crippen molar-refractivity contribution < 1.29 is 73.0 Å². The number of ether oxygens (including phenoxy) is 6. The van der Waals surface area contributed by atoms with Crippen molar-refractivity contribution in [2.75, 3.05) is 40.0 Å². The molecule has 550 valence electrons. The number of fused-ring (bicyclic) bond motifs is 8. The largest absolute Gasteiger partial charge is 1.00 e. The van der Waals surface area contributed by atoms with Crippen LogP contribution in [0, 0.1) is 35.0 Å². The van der Waals surface area contributed by atoms with Crippen LogP contribution in [0.25, 0.3) is 0 Å². The summed E-state index contributed by atoms with van der Waals surface area (Å²) in [5.74, 6) is 2.27. The van der Waals surface area contributed by atoms with Crippen molar-refractivity contribution in [3.63, 3.8) is 0 Å². The van der Waals surface area contributed by atoms with Gasteiger partial charge in [-0.25, -0.2) is 19.2 Å². The summed E-state index contributed by atoms with van der Waals surface area (Å²) < 4.78 is 29.3. The van der Waals surface area contributed by atoms with Crippen LogP contribution in [0.4, 0.5) is 19.2 Å². The molecule has 9 fully saturated rings. The second kappa shape index (κ2) is 42.8. The van der Waals surface area contributed by atoms with Crippen LogP contribution in [0.15, 0.2) is 91.0 Å². The zero-order valence-corrected chi connectivity index (χ0v) is 62.4. The molecule has 19 nitrogen and oxygen atoms in total. The van der Waals surface area contributed by atoms with Gasteiger partial charge in [-0.2, -0.15) is 5.26 Å². The first-order valence-electron chi connectivity index (χ1n) is 36.4. The van der Waals surface area contributed by atoms with E-state index in [2.05, 4.69) is 132 Å². The molecule has 21 heteroatoms. The molecule has 0 spiro atoms. The van der Waals surface area contributed by atoms with Crippen molar-refractivity contribution in [1.82, 2.24) is 30.7 Å². The molecule has 8 bridgehead atoms. The second-order valence-electron chi connectivity index (χ2n) is 31.9. The first kappa shape index (κ1) is 86.7. The second-order valence-corrected chi connectivity index (χ2v) is 31.9. The van der Waals surface area contributed by atoms with Gasteiger partial charge in [0.15, 0.2) is 17.4 Å². The first-order valence-corrected chi connectivity index (χ1v) is 36.4. The maximum absolute atomic E-state index is 11.8. The Morgan fingerprint density at radius 3 is 1.09 bits per heavy atom. The molecule has 9 saturated heterocycles. The summed E-state index contributed by atoms with van der Waals surface area (Å²) in [6.45, 7) is 29.0. The Balaban J connectivity index is 0.000000317. The minimum atomic E-state index is -1.06. The minimum absolute atomic E-state index is 0. The fourth-order valence-electron chi connectivity index (χ4n) is 15.2. The molecule has 9 aliphatic heterocycles. The molecular weight excluding hydrogens is 1260 g/mol. The van der Waals surface area contributed by atoms with Crippen LogP contribution < -0.4 is 40.5 Å². The third-order valence-corrected chi connectivity index (χ3v) is 19.2. The number of nitriles is 1. The van der Waals surface area contributed by atoms with E-state index in [1.54, 1.807) is 41.5 Å². The Labute approximate surface area is 619 Å². The predicted molar refractivity (Wildman–Crippen MR) is 393 cm³/mol. The average molecular weight is 1390 g/mol. The summed E-state index contributed by atoms with van der Waals surface area (Å²) in [6, 6.07) is 40.4. The van der Waals surface area contributed by atoms with Crippen molar-refractivity contribution in [2.45, 2.75) is 289 Å². The fourth-order valence-corrected chi connectivity index (χ4v) is 15.2. The Bertz CT molecular complexity index is 2750. The molecule has 9 aliphatic rings. The smallest absolute Gasteiger partial charge is 1.00 e. The maximum atomic E-state index is 11.8. The molecule has 2 amide bonds. The number of piperidine rings is 4. The van der Waals surface area contributed by atoms with Gasteiger partial charge in [-0.15, -0.1) is 0 Å². The third-order valence-electron chi connectivity index (χ3n) is 19.2. The predicted octanol–water partition coefficient (Wildman–Crippen LogP) is 10.5. The van der Waals surface area contributed by atoms with E-state index < -0.39 is 34.7 Å². The van der Waals surface area contributed by atoms with E-state index in [1.165, 1.54) is 119 Å². The standard InChI is InChI=1S/C20H30N2O2.C15H22N2.C15H18N2.C13H24N2O2.C10H18O5.C4H8O.CH4O.Al.Li.4H/c1-20(2,3)24-19(23)21-13-16-11-17-9-10-18(12-16)22(17)14-15-7-5-4-6-8-15;2*16-10-13-8-14-6-7-15(9-13)17(14)11-12-4-2-1-3-5-12;1-13(2,3)17-12(16)14-8-9-6-10-4-5-11(7-9)15-10;1-9(2,3)14-7(11)13-8(12)15-10(4,5)6;1-2-4-5-3-1;1-2;;;;;;/h4-8,16-18H,9-14H2,1-3H3,(H,21,23);1-5,13-15H,6-11,16H2;1-5,13-15H,6-9,11H2;9-11,15H,4-8H2,1-3H3,(H,14,16);1-6H3;1-4H2;2H,1H3;;;;;;/q;;;;;;;;+1;;;;-1. The van der Waals surface area contributed by atoms with E-state index >= 15 is 0 Å². The molecule has 3 aromatic carbocycles. The minimum Gasteiger partial charge on any atom is -1.00 e. The van der Waals surface area contributed by atoms with Crippen LogP contribution in [0.3, 0.4) is 0 Å². The molecule has 99 heavy (non-hydrogen) atoms. The fraction of sp³-hybridized carbons (Fsp3) is 0.705. The van der Waals surface area contributed by atoms with E-state index in [1.807, 2.05) is 41.5 Å². The van der Waals surface area contributed by atoms with Gasteiger partial charge in [0.25, 0.3) is 0 Å². The van der Waals surface area contributed by atoms with E-state index in [0.29, 0.717) is 54.0 Å². The molecule has 0 aromatic heterocycles. The number of benzene rings is 3. The molecule has 8 atom stereocenters. The first-order chi connectivity index (χ1) is 46.1. The van der Waals surface area contributed by atoms with Crippen molar-refractivity contribution in [1.29, 1.82) is 5.26 Å². The molecule has 0 saturated carbocycles. The van der Waals surface area contributed by atoms with Crippen LogP contribution in [0.2, 0.25) is 0 Å². The number of hydrogen-bond donors (Lipinski definition) is 5. The van der Waals surface area contributed by atoms with E-state index in [4.69, 9.17) is 39.8 Å². The van der Waals surface area contributed by atoms with Crippen LogP contribution >= 0.6 is 0 Å². The molecule has 9 heterocycles. The Kier molecular flexibility index (Phi) is 37.5. The van der Waals surface area contributed by atoms with Crippen LogP contribution in [-0.2, 0) is 48.1 Å². The molecule has 8 unspecified atom stereocenters. The van der Waals surface area contributed by atoms with E-state index in [-0.39, 0.29) is 49.8 Å². The summed E-state index contributed by atoms with van der Waals surface area (Å²) in [5, 5.41) is 25.5. The Hall–Kier alpha value is -4.72. The third kappa shape index (κ3) is 32.7. The van der Waals surface area contributed by atoms with Gasteiger partial charge in [-0.05, 0) is 240 Å². The van der Waals surface area contributed by atoms with E-state index in [0.717, 1.165) is 90.4 Å². The number of nitrogens with zero attached hydrogens (tertiary/aromatic N) is 4. The van der Waals surface area contributed by atoms with Gasteiger partial charge < -0.3 is 56.6 Å². The Morgan fingerprint density at radius 1 is 0.505 bits per heavy atom. The number of aliphatic hydroxyl groups is 1. The molecule has 3 aromatic rings.